The van der Waals surface area contributed by atoms with E-state index in [9.17, 15) is 9.59 Å². The third kappa shape index (κ3) is 3.65. The Balaban J connectivity index is 2.02. The molecule has 9 heteroatoms. The molecule has 2 heterocycles. The number of fused-ring (bicyclic) bond motifs is 1. The number of esters is 1. The molecule has 0 atom stereocenters. The first-order valence-electron chi connectivity index (χ1n) is 8.67. The van der Waals surface area contributed by atoms with Gasteiger partial charge >= 0.3 is 5.97 Å². The van der Waals surface area contributed by atoms with Gasteiger partial charge < -0.3 is 10.1 Å². The molecule has 2 aromatic heterocycles. The molecule has 0 unspecified atom stereocenters. The van der Waals surface area contributed by atoms with Crippen molar-refractivity contribution in [2.75, 3.05) is 19.0 Å². The molecule has 0 spiro atoms. The van der Waals surface area contributed by atoms with Crippen LogP contribution < -0.4 is 10.8 Å². The minimum absolute atomic E-state index is 0.288. The normalized spacial score (nSPS) is 10.7. The summed E-state index contributed by atoms with van der Waals surface area (Å²) in [4.78, 5) is 33.2. The first-order valence-corrected chi connectivity index (χ1v) is 8.67. The number of hydrogen-bond donors (Lipinski definition) is 2. The van der Waals surface area contributed by atoms with Crippen molar-refractivity contribution in [2.45, 2.75) is 20.8 Å². The van der Waals surface area contributed by atoms with Crippen LogP contribution in [0.3, 0.4) is 0 Å². The lowest BCUT2D eigenvalue weighted by atomic mass is 10.1. The number of carbonyl (C=O) groups excluding carboxylic acids is 2. The monoisotopic (exact) mass is 383 g/mol. The third-order valence-electron chi connectivity index (χ3n) is 4.27. The number of aryl methyl sites for hydroxylation is 2. The predicted octanol–water partition coefficient (Wildman–Crippen LogP) is 2.56. The number of aromatic nitrogens is 3. The number of anilines is 2. The Morgan fingerprint density at radius 2 is 2.04 bits per heavy atom. The van der Waals surface area contributed by atoms with Crippen LogP contribution >= 0.6 is 0 Å². The van der Waals surface area contributed by atoms with E-state index >= 15 is 0 Å². The number of benzene rings is 1. The molecule has 3 aromatic rings. The Morgan fingerprint density at radius 1 is 1.25 bits per heavy atom. The molecule has 0 aliphatic heterocycles. The van der Waals surface area contributed by atoms with E-state index in [1.165, 1.54) is 13.4 Å². The highest BCUT2D eigenvalue weighted by atomic mass is 16.6. The van der Waals surface area contributed by atoms with Crippen molar-refractivity contribution in [3.05, 3.63) is 53.0 Å². The Kier molecular flexibility index (Phi) is 5.55. The second-order valence-corrected chi connectivity index (χ2v) is 6.08. The number of nitrogens with zero attached hydrogens (tertiary/aromatic N) is 3. The number of amides is 1. The largest absolute Gasteiger partial charge is 0.462 e. The van der Waals surface area contributed by atoms with Crippen molar-refractivity contribution in [2.24, 2.45) is 0 Å². The number of hydrogen-bond acceptors (Lipinski definition) is 7. The van der Waals surface area contributed by atoms with Crippen LogP contribution in [0, 0.1) is 13.8 Å². The van der Waals surface area contributed by atoms with E-state index in [4.69, 9.17) is 4.74 Å². The molecular formula is C19H21N5O4. The van der Waals surface area contributed by atoms with Crippen molar-refractivity contribution in [1.29, 1.82) is 0 Å². The van der Waals surface area contributed by atoms with E-state index in [1.54, 1.807) is 29.8 Å². The fourth-order valence-corrected chi connectivity index (χ4v) is 2.84. The molecule has 0 saturated carbocycles. The number of nitrogens with one attached hydrogen (secondary N) is 2. The second kappa shape index (κ2) is 8.05. The second-order valence-electron chi connectivity index (χ2n) is 6.08. The maximum absolute atomic E-state index is 12.2. The number of carbonyl (C=O) groups is 2. The summed E-state index contributed by atoms with van der Waals surface area (Å²) in [5.41, 5.74) is 6.11. The van der Waals surface area contributed by atoms with Crippen LogP contribution in [0.5, 0.6) is 0 Å². The SMILES string of the molecule is CCOC(=O)c1cn2ncnc(Nc3cc(C(=O)NOC)ccc3C)c2c1C. The van der Waals surface area contributed by atoms with Crippen molar-refractivity contribution in [3.63, 3.8) is 0 Å². The van der Waals surface area contributed by atoms with Gasteiger partial charge in [-0.15, -0.1) is 0 Å². The zero-order valence-electron chi connectivity index (χ0n) is 16.1. The van der Waals surface area contributed by atoms with Gasteiger partial charge in [-0.25, -0.2) is 19.8 Å². The molecule has 0 bridgehead atoms. The summed E-state index contributed by atoms with van der Waals surface area (Å²) < 4.78 is 6.68. The minimum Gasteiger partial charge on any atom is -0.462 e. The first-order chi connectivity index (χ1) is 13.5. The molecule has 2 N–H and O–H groups in total. The quantitative estimate of drug-likeness (QED) is 0.498. The van der Waals surface area contributed by atoms with Gasteiger partial charge in [0.25, 0.3) is 5.91 Å². The molecule has 0 aliphatic rings. The number of rotatable bonds is 6. The van der Waals surface area contributed by atoms with Gasteiger partial charge in [0.15, 0.2) is 5.82 Å². The average molecular weight is 383 g/mol. The summed E-state index contributed by atoms with van der Waals surface area (Å²) in [5, 5.41) is 7.41. The zero-order chi connectivity index (χ0) is 20.3. The molecule has 9 nitrogen and oxygen atoms in total. The lowest BCUT2D eigenvalue weighted by molar-refractivity contribution is 0.0523. The summed E-state index contributed by atoms with van der Waals surface area (Å²) in [7, 11) is 1.37. The van der Waals surface area contributed by atoms with Crippen LogP contribution in [0.2, 0.25) is 0 Å². The molecule has 1 aromatic carbocycles. The van der Waals surface area contributed by atoms with Gasteiger partial charge in [-0.3, -0.25) is 9.63 Å². The van der Waals surface area contributed by atoms with Crippen molar-refractivity contribution >= 4 is 28.9 Å². The highest BCUT2D eigenvalue weighted by Crippen LogP contribution is 2.27. The average Bonchev–Trinajstić information content (AvgIpc) is 3.02. The molecule has 146 valence electrons. The van der Waals surface area contributed by atoms with Gasteiger partial charge in [0.1, 0.15) is 11.8 Å². The van der Waals surface area contributed by atoms with Gasteiger partial charge in [-0.2, -0.15) is 5.10 Å². The van der Waals surface area contributed by atoms with Crippen LogP contribution in [0.1, 0.15) is 38.8 Å². The maximum atomic E-state index is 12.2. The van der Waals surface area contributed by atoms with Gasteiger partial charge in [-0.1, -0.05) is 6.07 Å². The van der Waals surface area contributed by atoms with Gasteiger partial charge in [0.2, 0.25) is 0 Å². The minimum atomic E-state index is -0.411. The Labute approximate surface area is 161 Å². The smallest absolute Gasteiger partial charge is 0.340 e. The third-order valence-corrected chi connectivity index (χ3v) is 4.27. The Morgan fingerprint density at radius 3 is 2.75 bits per heavy atom. The zero-order valence-corrected chi connectivity index (χ0v) is 16.1. The van der Waals surface area contributed by atoms with Gasteiger partial charge in [0, 0.05) is 17.4 Å². The summed E-state index contributed by atoms with van der Waals surface area (Å²) in [6.07, 6.45) is 3.01. The molecule has 3 rings (SSSR count). The highest BCUT2D eigenvalue weighted by Gasteiger charge is 2.19. The molecule has 28 heavy (non-hydrogen) atoms. The van der Waals surface area contributed by atoms with E-state index in [0.29, 0.717) is 33.7 Å². The van der Waals surface area contributed by atoms with Crippen LogP contribution in [0.25, 0.3) is 5.52 Å². The fraction of sp³-hybridized carbons (Fsp3) is 0.263. The molecule has 1 amide bonds. The molecule has 0 aliphatic carbocycles. The predicted molar refractivity (Wildman–Crippen MR) is 103 cm³/mol. The highest BCUT2D eigenvalue weighted by molar-refractivity contribution is 5.97. The van der Waals surface area contributed by atoms with E-state index in [-0.39, 0.29) is 12.5 Å². The summed E-state index contributed by atoms with van der Waals surface area (Å²) in [6, 6.07) is 5.22. The van der Waals surface area contributed by atoms with Crippen LogP contribution in [-0.2, 0) is 9.57 Å². The van der Waals surface area contributed by atoms with Crippen molar-refractivity contribution < 1.29 is 19.2 Å². The topological polar surface area (TPSA) is 107 Å². The molecule has 0 radical (unpaired) electrons. The standard InChI is InChI=1S/C19H21N5O4/c1-5-28-19(26)14-9-24-16(12(14)3)17(20-10-21-24)22-15-8-13(7-6-11(15)2)18(25)23-27-4/h6-10H,5H2,1-4H3,(H,23,25)(H,20,21,22). The van der Waals surface area contributed by atoms with Crippen molar-refractivity contribution in [3.8, 4) is 0 Å². The maximum Gasteiger partial charge on any atom is 0.340 e. The van der Waals surface area contributed by atoms with Gasteiger partial charge in [-0.05, 0) is 44.0 Å². The lowest BCUT2D eigenvalue weighted by Crippen LogP contribution is -2.21. The van der Waals surface area contributed by atoms with Crippen molar-refractivity contribution in [1.82, 2.24) is 20.1 Å². The Bertz CT molecular complexity index is 1040. The molecule has 0 saturated heterocycles. The number of ether oxygens (including phenoxy) is 1. The van der Waals surface area contributed by atoms with Crippen LogP contribution in [0.15, 0.2) is 30.7 Å². The van der Waals surface area contributed by atoms with Crippen LogP contribution in [0.4, 0.5) is 11.5 Å². The summed E-state index contributed by atoms with van der Waals surface area (Å²) in [5.74, 6) is -0.261. The van der Waals surface area contributed by atoms with Gasteiger partial charge in [0.05, 0.1) is 19.3 Å². The summed E-state index contributed by atoms with van der Waals surface area (Å²) >= 11 is 0. The van der Waals surface area contributed by atoms with E-state index in [0.717, 1.165) is 5.56 Å². The van der Waals surface area contributed by atoms with Crippen LogP contribution in [-0.4, -0.2) is 40.2 Å². The Hall–Kier alpha value is -3.46. The number of hydroxylamine groups is 1. The first kappa shape index (κ1) is 19.3. The van der Waals surface area contributed by atoms with E-state index in [1.807, 2.05) is 19.9 Å². The molecular weight excluding hydrogens is 362 g/mol. The van der Waals surface area contributed by atoms with E-state index < -0.39 is 5.97 Å². The summed E-state index contributed by atoms with van der Waals surface area (Å²) in [6.45, 7) is 5.77. The lowest BCUT2D eigenvalue weighted by Gasteiger charge is -2.12. The molecule has 0 fully saturated rings. The van der Waals surface area contributed by atoms with E-state index in [2.05, 4.69) is 25.7 Å². The fourth-order valence-electron chi connectivity index (χ4n) is 2.84.